The standard InChI is InChI=1S/C34H35N3O8/c1-42-29-17-24(25(18-30(29)43-2)37-33(40)31-19-26(38)23-10-6-7-11-27(23)44-31)32(39)36-22-14-12-20(13-15-22)16-28(45-34(35)41)21-8-4-3-5-9-21/h6-7,10-15,17-19,21,28H,3-5,8-9,16H2,1-2H3,(H2,35,41)(H,36,39)(H,37,40). The lowest BCUT2D eigenvalue weighted by molar-refractivity contribution is 0.0543. The first-order valence-electron chi connectivity index (χ1n) is 14.7. The number of amides is 3. The van der Waals surface area contributed by atoms with Gasteiger partial charge in [0.15, 0.2) is 22.7 Å². The number of rotatable bonds is 10. The van der Waals surface area contributed by atoms with Gasteiger partial charge in [-0.1, -0.05) is 43.5 Å². The maximum Gasteiger partial charge on any atom is 0.404 e. The number of carbonyl (C=O) groups excluding carboxylic acids is 3. The van der Waals surface area contributed by atoms with Crippen LogP contribution in [0.25, 0.3) is 11.0 Å². The molecule has 1 aromatic heterocycles. The van der Waals surface area contributed by atoms with Crippen LogP contribution in [-0.2, 0) is 11.2 Å². The first-order chi connectivity index (χ1) is 21.7. The summed E-state index contributed by atoms with van der Waals surface area (Å²) in [5.41, 5.74) is 6.88. The molecule has 0 radical (unpaired) electrons. The molecule has 1 aliphatic carbocycles. The highest BCUT2D eigenvalue weighted by Gasteiger charge is 2.27. The Morgan fingerprint density at radius 3 is 2.27 bits per heavy atom. The second-order valence-corrected chi connectivity index (χ2v) is 10.9. The van der Waals surface area contributed by atoms with Gasteiger partial charge >= 0.3 is 6.09 Å². The number of carbonyl (C=O) groups is 3. The molecule has 1 saturated carbocycles. The Labute approximate surface area is 259 Å². The highest BCUT2D eigenvalue weighted by Crippen LogP contribution is 2.34. The van der Waals surface area contributed by atoms with Gasteiger partial charge < -0.3 is 35.0 Å². The molecule has 11 nitrogen and oxygen atoms in total. The van der Waals surface area contributed by atoms with Gasteiger partial charge in [-0.05, 0) is 54.7 Å². The second-order valence-electron chi connectivity index (χ2n) is 10.9. The fourth-order valence-electron chi connectivity index (χ4n) is 5.68. The zero-order valence-corrected chi connectivity index (χ0v) is 25.1. The summed E-state index contributed by atoms with van der Waals surface area (Å²) in [6.07, 6.45) is 4.78. The van der Waals surface area contributed by atoms with E-state index in [1.165, 1.54) is 32.8 Å². The Balaban J connectivity index is 1.36. The number of hydrogen-bond donors (Lipinski definition) is 3. The summed E-state index contributed by atoms with van der Waals surface area (Å²) < 4.78 is 21.9. The molecule has 234 valence electrons. The van der Waals surface area contributed by atoms with Crippen molar-refractivity contribution in [2.75, 3.05) is 24.9 Å². The number of methoxy groups -OCH3 is 2. The summed E-state index contributed by atoms with van der Waals surface area (Å²) in [6, 6.07) is 17.8. The normalized spacial score (nSPS) is 13.9. The van der Waals surface area contributed by atoms with Gasteiger partial charge in [0.25, 0.3) is 11.8 Å². The molecule has 0 bridgehead atoms. The summed E-state index contributed by atoms with van der Waals surface area (Å²) in [5.74, 6) is -0.671. The number of anilines is 2. The number of ether oxygens (including phenoxy) is 3. The van der Waals surface area contributed by atoms with Crippen LogP contribution >= 0.6 is 0 Å². The van der Waals surface area contributed by atoms with Crippen LogP contribution in [0.5, 0.6) is 11.5 Å². The van der Waals surface area contributed by atoms with Gasteiger partial charge in [-0.15, -0.1) is 0 Å². The lowest BCUT2D eigenvalue weighted by Gasteiger charge is -2.29. The van der Waals surface area contributed by atoms with E-state index in [2.05, 4.69) is 10.6 Å². The van der Waals surface area contributed by atoms with Gasteiger partial charge in [0.1, 0.15) is 11.7 Å². The molecule has 0 aliphatic heterocycles. The average Bonchev–Trinajstić information content (AvgIpc) is 3.05. The molecule has 3 aromatic carbocycles. The molecule has 1 heterocycles. The van der Waals surface area contributed by atoms with Crippen LogP contribution in [-0.4, -0.2) is 38.2 Å². The van der Waals surface area contributed by atoms with E-state index in [0.717, 1.165) is 37.3 Å². The van der Waals surface area contributed by atoms with Gasteiger partial charge in [0.2, 0.25) is 0 Å². The number of nitrogens with two attached hydrogens (primary N) is 1. The minimum atomic E-state index is -0.782. The van der Waals surface area contributed by atoms with Crippen molar-refractivity contribution >= 4 is 40.3 Å². The average molecular weight is 614 g/mol. The van der Waals surface area contributed by atoms with Crippen molar-refractivity contribution in [1.29, 1.82) is 0 Å². The summed E-state index contributed by atoms with van der Waals surface area (Å²) in [6.45, 7) is 0. The lowest BCUT2D eigenvalue weighted by Crippen LogP contribution is -2.32. The molecular formula is C34H35N3O8. The van der Waals surface area contributed by atoms with E-state index in [1.54, 1.807) is 36.4 Å². The maximum atomic E-state index is 13.5. The van der Waals surface area contributed by atoms with E-state index in [1.807, 2.05) is 12.1 Å². The van der Waals surface area contributed by atoms with Gasteiger partial charge in [-0.2, -0.15) is 0 Å². The summed E-state index contributed by atoms with van der Waals surface area (Å²) in [7, 11) is 2.86. The third kappa shape index (κ3) is 7.43. The topological polar surface area (TPSA) is 159 Å². The Morgan fingerprint density at radius 1 is 0.889 bits per heavy atom. The Kier molecular flexibility index (Phi) is 9.67. The van der Waals surface area contributed by atoms with Gasteiger partial charge in [-0.25, -0.2) is 4.79 Å². The van der Waals surface area contributed by atoms with Gasteiger partial charge in [-0.3, -0.25) is 14.4 Å². The molecule has 0 saturated heterocycles. The SMILES string of the molecule is COc1cc(NC(=O)c2cc(=O)c3ccccc3o2)c(C(=O)Nc2ccc(CC(OC(N)=O)C3CCCCC3)cc2)cc1OC. The number of nitrogens with one attached hydrogen (secondary N) is 2. The minimum absolute atomic E-state index is 0.0837. The molecule has 4 N–H and O–H groups in total. The van der Waals surface area contributed by atoms with E-state index in [4.69, 9.17) is 24.4 Å². The van der Waals surface area contributed by atoms with E-state index in [0.29, 0.717) is 17.5 Å². The zero-order chi connectivity index (χ0) is 31.9. The predicted octanol–water partition coefficient (Wildman–Crippen LogP) is 5.90. The van der Waals surface area contributed by atoms with Crippen LogP contribution in [0.3, 0.4) is 0 Å². The maximum absolute atomic E-state index is 13.5. The van der Waals surface area contributed by atoms with Crippen molar-refractivity contribution in [3.63, 3.8) is 0 Å². The molecule has 11 heteroatoms. The van der Waals surface area contributed by atoms with Crippen molar-refractivity contribution < 1.29 is 33.0 Å². The van der Waals surface area contributed by atoms with Crippen LogP contribution in [0, 0.1) is 5.92 Å². The Hall–Kier alpha value is -5.32. The molecular weight excluding hydrogens is 578 g/mol. The van der Waals surface area contributed by atoms with Gasteiger partial charge in [0, 0.05) is 24.2 Å². The molecule has 3 amide bonds. The summed E-state index contributed by atoms with van der Waals surface area (Å²) in [4.78, 5) is 50.9. The summed E-state index contributed by atoms with van der Waals surface area (Å²) >= 11 is 0. The highest BCUT2D eigenvalue weighted by atomic mass is 16.6. The Bertz CT molecular complexity index is 1760. The van der Waals surface area contributed by atoms with Crippen LogP contribution < -0.4 is 31.3 Å². The largest absolute Gasteiger partial charge is 0.493 e. The minimum Gasteiger partial charge on any atom is -0.493 e. The molecule has 1 unspecified atom stereocenters. The third-order valence-electron chi connectivity index (χ3n) is 7.97. The quantitative estimate of drug-likeness (QED) is 0.199. The molecule has 45 heavy (non-hydrogen) atoms. The van der Waals surface area contributed by atoms with Crippen molar-refractivity contribution in [3.8, 4) is 11.5 Å². The van der Waals surface area contributed by atoms with Crippen molar-refractivity contribution in [2.45, 2.75) is 44.6 Å². The fraction of sp³-hybridized carbons (Fsp3) is 0.294. The zero-order valence-electron chi connectivity index (χ0n) is 25.1. The number of para-hydroxylation sites is 1. The van der Waals surface area contributed by atoms with Crippen LogP contribution in [0.15, 0.2) is 75.9 Å². The smallest absolute Gasteiger partial charge is 0.404 e. The lowest BCUT2D eigenvalue weighted by atomic mass is 9.83. The van der Waals surface area contributed by atoms with Crippen LogP contribution in [0.2, 0.25) is 0 Å². The molecule has 1 fully saturated rings. The van der Waals surface area contributed by atoms with Crippen molar-refractivity contribution in [2.24, 2.45) is 11.7 Å². The number of benzene rings is 3. The highest BCUT2D eigenvalue weighted by molar-refractivity contribution is 6.12. The fourth-order valence-corrected chi connectivity index (χ4v) is 5.68. The first-order valence-corrected chi connectivity index (χ1v) is 14.7. The number of primary amides is 1. The van der Waals surface area contributed by atoms with E-state index >= 15 is 0 Å². The van der Waals surface area contributed by atoms with Crippen LogP contribution in [0.1, 0.15) is 58.6 Å². The van der Waals surface area contributed by atoms with Gasteiger partial charge in [0.05, 0.1) is 30.9 Å². The monoisotopic (exact) mass is 613 g/mol. The molecule has 1 atom stereocenters. The number of fused-ring (bicyclic) bond motifs is 1. The van der Waals surface area contributed by atoms with Crippen LogP contribution in [0.4, 0.5) is 16.2 Å². The molecule has 4 aromatic rings. The molecule has 0 spiro atoms. The summed E-state index contributed by atoms with van der Waals surface area (Å²) in [5, 5.41) is 5.86. The van der Waals surface area contributed by atoms with Crippen molar-refractivity contribution in [1.82, 2.24) is 0 Å². The Morgan fingerprint density at radius 2 is 1.58 bits per heavy atom. The van der Waals surface area contributed by atoms with E-state index in [9.17, 15) is 19.2 Å². The predicted molar refractivity (Wildman–Crippen MR) is 169 cm³/mol. The second kappa shape index (κ2) is 14.0. The molecule has 1 aliphatic rings. The van der Waals surface area contributed by atoms with E-state index in [-0.39, 0.29) is 51.5 Å². The third-order valence-corrected chi connectivity index (χ3v) is 7.97. The van der Waals surface area contributed by atoms with E-state index < -0.39 is 17.9 Å². The molecule has 5 rings (SSSR count). The first kappa shape index (κ1) is 31.1. The van der Waals surface area contributed by atoms with Crippen molar-refractivity contribution in [3.05, 3.63) is 93.8 Å². The number of hydrogen-bond acceptors (Lipinski definition) is 8.